The maximum Gasteiger partial charge on any atom is 0.134 e. The highest BCUT2D eigenvalue weighted by Gasteiger charge is 2.01. The minimum absolute atomic E-state index is 0.167. The molecule has 0 aliphatic heterocycles. The summed E-state index contributed by atoms with van der Waals surface area (Å²) in [6.45, 7) is 7.93. The molecule has 0 heterocycles. The van der Waals surface area contributed by atoms with Gasteiger partial charge in [-0.1, -0.05) is 44.4 Å². The van der Waals surface area contributed by atoms with Gasteiger partial charge in [-0.25, -0.2) is 0 Å². The lowest BCUT2D eigenvalue weighted by molar-refractivity contribution is -0.116. The molecule has 0 amide bonds. The predicted octanol–water partition coefficient (Wildman–Crippen LogP) is 4.59. The normalized spacial score (nSPS) is 9.31. The fourth-order valence-electron chi connectivity index (χ4n) is 1.10. The van der Waals surface area contributed by atoms with E-state index in [0.717, 1.165) is 11.1 Å². The SMILES string of the molecule is CC(=O)Cc1cc(Cl)ccc1C.CCCC. The Hall–Kier alpha value is -0.820. The van der Waals surface area contributed by atoms with Crippen LogP contribution in [-0.2, 0) is 11.2 Å². The lowest BCUT2D eigenvalue weighted by Crippen LogP contribution is -1.98. The average molecular weight is 241 g/mol. The quantitative estimate of drug-likeness (QED) is 0.756. The summed E-state index contributed by atoms with van der Waals surface area (Å²) < 4.78 is 0. The van der Waals surface area contributed by atoms with Crippen LogP contribution in [0, 0.1) is 6.92 Å². The smallest absolute Gasteiger partial charge is 0.134 e. The number of benzene rings is 1. The van der Waals surface area contributed by atoms with Gasteiger partial charge in [0.2, 0.25) is 0 Å². The van der Waals surface area contributed by atoms with Crippen LogP contribution in [0.25, 0.3) is 0 Å². The predicted molar refractivity (Wildman–Crippen MR) is 71.2 cm³/mol. The summed E-state index contributed by atoms with van der Waals surface area (Å²) >= 11 is 5.79. The molecule has 0 N–H and O–H groups in total. The summed E-state index contributed by atoms with van der Waals surface area (Å²) in [5.41, 5.74) is 2.14. The Balaban J connectivity index is 0.000000487. The molecule has 0 saturated carbocycles. The van der Waals surface area contributed by atoms with Gasteiger partial charge in [0.05, 0.1) is 0 Å². The van der Waals surface area contributed by atoms with Crippen molar-refractivity contribution in [3.63, 3.8) is 0 Å². The lowest BCUT2D eigenvalue weighted by atomic mass is 10.0. The number of ketones is 1. The van der Waals surface area contributed by atoms with Crippen molar-refractivity contribution in [1.82, 2.24) is 0 Å². The van der Waals surface area contributed by atoms with Crippen LogP contribution in [0.15, 0.2) is 18.2 Å². The van der Waals surface area contributed by atoms with Gasteiger partial charge in [-0.3, -0.25) is 4.79 Å². The third kappa shape index (κ3) is 6.62. The molecule has 0 bridgehead atoms. The van der Waals surface area contributed by atoms with Gasteiger partial charge >= 0.3 is 0 Å². The molecule has 1 rings (SSSR count). The first kappa shape index (κ1) is 15.2. The molecular formula is C14H21ClO. The molecule has 1 aromatic rings. The number of rotatable bonds is 3. The van der Waals surface area contributed by atoms with Crippen molar-refractivity contribution in [3.8, 4) is 0 Å². The van der Waals surface area contributed by atoms with E-state index in [2.05, 4.69) is 13.8 Å². The van der Waals surface area contributed by atoms with Gasteiger partial charge in [0.1, 0.15) is 5.78 Å². The Labute approximate surface area is 104 Å². The fraction of sp³-hybridized carbons (Fsp3) is 0.500. The van der Waals surface area contributed by atoms with E-state index in [0.29, 0.717) is 11.4 Å². The highest BCUT2D eigenvalue weighted by Crippen LogP contribution is 2.15. The van der Waals surface area contributed by atoms with E-state index in [1.165, 1.54) is 12.8 Å². The summed E-state index contributed by atoms with van der Waals surface area (Å²) in [7, 11) is 0. The van der Waals surface area contributed by atoms with Gasteiger partial charge in [0.25, 0.3) is 0 Å². The van der Waals surface area contributed by atoms with Crippen LogP contribution in [0.5, 0.6) is 0 Å². The first-order valence-corrected chi connectivity index (χ1v) is 6.13. The number of Topliss-reactive ketones (excluding diaryl/α,β-unsaturated/α-hetero) is 1. The summed E-state index contributed by atoms with van der Waals surface area (Å²) in [5, 5.41) is 0.692. The van der Waals surface area contributed by atoms with E-state index in [-0.39, 0.29) is 5.78 Å². The van der Waals surface area contributed by atoms with Crippen molar-refractivity contribution in [1.29, 1.82) is 0 Å². The number of unbranched alkanes of at least 4 members (excludes halogenated alkanes) is 1. The van der Waals surface area contributed by atoms with Gasteiger partial charge in [-0.2, -0.15) is 0 Å². The molecule has 2 heteroatoms. The Morgan fingerprint density at radius 1 is 1.25 bits per heavy atom. The number of aryl methyl sites for hydroxylation is 1. The maximum atomic E-state index is 10.8. The molecule has 0 fully saturated rings. The zero-order valence-electron chi connectivity index (χ0n) is 10.6. The van der Waals surface area contributed by atoms with E-state index in [4.69, 9.17) is 11.6 Å². The molecule has 1 aromatic carbocycles. The van der Waals surface area contributed by atoms with Crippen molar-refractivity contribution in [3.05, 3.63) is 34.3 Å². The Morgan fingerprint density at radius 2 is 1.81 bits per heavy atom. The van der Waals surface area contributed by atoms with Crippen LogP contribution in [0.3, 0.4) is 0 Å². The molecule has 0 aromatic heterocycles. The number of carbonyl (C=O) groups is 1. The molecule has 0 aliphatic carbocycles. The van der Waals surface area contributed by atoms with Gasteiger partial charge in [-0.15, -0.1) is 0 Å². The molecule has 0 radical (unpaired) electrons. The van der Waals surface area contributed by atoms with Crippen LogP contribution < -0.4 is 0 Å². The molecule has 0 atom stereocenters. The molecular weight excluding hydrogens is 220 g/mol. The van der Waals surface area contributed by atoms with E-state index >= 15 is 0 Å². The number of carbonyl (C=O) groups excluding carboxylic acids is 1. The average Bonchev–Trinajstić information content (AvgIpc) is 2.23. The van der Waals surface area contributed by atoms with Gasteiger partial charge < -0.3 is 0 Å². The molecule has 16 heavy (non-hydrogen) atoms. The molecule has 0 aliphatic rings. The second-order valence-corrected chi connectivity index (χ2v) is 4.39. The highest BCUT2D eigenvalue weighted by atomic mass is 35.5. The van der Waals surface area contributed by atoms with Crippen LogP contribution in [0.4, 0.5) is 0 Å². The first-order valence-electron chi connectivity index (χ1n) is 5.75. The Kier molecular flexibility index (Phi) is 7.92. The molecule has 0 spiro atoms. The Morgan fingerprint density at radius 3 is 2.25 bits per heavy atom. The van der Waals surface area contributed by atoms with Crippen molar-refractivity contribution in [2.45, 2.75) is 47.0 Å². The van der Waals surface area contributed by atoms with E-state index < -0.39 is 0 Å². The van der Waals surface area contributed by atoms with Gasteiger partial charge in [-0.05, 0) is 37.1 Å². The second kappa shape index (κ2) is 8.35. The lowest BCUT2D eigenvalue weighted by Gasteiger charge is -2.02. The van der Waals surface area contributed by atoms with Crippen LogP contribution in [-0.4, -0.2) is 5.78 Å². The molecule has 90 valence electrons. The van der Waals surface area contributed by atoms with Gasteiger partial charge in [0.15, 0.2) is 0 Å². The third-order valence-electron chi connectivity index (χ3n) is 2.25. The maximum absolute atomic E-state index is 10.8. The zero-order chi connectivity index (χ0) is 12.6. The molecule has 1 nitrogen and oxygen atoms in total. The van der Waals surface area contributed by atoms with Gasteiger partial charge in [0, 0.05) is 11.4 Å². The van der Waals surface area contributed by atoms with Crippen molar-refractivity contribution in [2.75, 3.05) is 0 Å². The summed E-state index contributed by atoms with van der Waals surface area (Å²) in [4.78, 5) is 10.8. The van der Waals surface area contributed by atoms with Crippen LogP contribution >= 0.6 is 11.6 Å². The standard InChI is InChI=1S/C10H11ClO.C4H10/c1-7-3-4-10(11)6-9(7)5-8(2)12;1-3-4-2/h3-4,6H,5H2,1-2H3;3-4H2,1-2H3. The highest BCUT2D eigenvalue weighted by molar-refractivity contribution is 6.30. The largest absolute Gasteiger partial charge is 0.300 e. The monoisotopic (exact) mass is 240 g/mol. The van der Waals surface area contributed by atoms with Crippen LogP contribution in [0.1, 0.15) is 44.7 Å². The number of hydrogen-bond donors (Lipinski definition) is 0. The number of hydrogen-bond acceptors (Lipinski definition) is 1. The molecule has 0 unspecified atom stereocenters. The van der Waals surface area contributed by atoms with E-state index in [1.54, 1.807) is 6.92 Å². The van der Waals surface area contributed by atoms with E-state index in [1.807, 2.05) is 25.1 Å². The summed E-state index contributed by atoms with van der Waals surface area (Å²) in [5.74, 6) is 0.167. The Bertz CT molecular complexity index is 330. The minimum Gasteiger partial charge on any atom is -0.300 e. The molecule has 0 saturated heterocycles. The van der Waals surface area contributed by atoms with Crippen LogP contribution in [0.2, 0.25) is 5.02 Å². The van der Waals surface area contributed by atoms with Crippen molar-refractivity contribution >= 4 is 17.4 Å². The first-order chi connectivity index (χ1) is 7.51. The second-order valence-electron chi connectivity index (χ2n) is 3.95. The number of halogens is 1. The fourth-order valence-corrected chi connectivity index (χ4v) is 1.29. The minimum atomic E-state index is 0.167. The summed E-state index contributed by atoms with van der Waals surface area (Å²) in [6, 6.07) is 5.61. The topological polar surface area (TPSA) is 17.1 Å². The van der Waals surface area contributed by atoms with Crippen molar-refractivity contribution < 1.29 is 4.79 Å². The zero-order valence-corrected chi connectivity index (χ0v) is 11.4. The summed E-state index contributed by atoms with van der Waals surface area (Å²) in [6.07, 6.45) is 3.12. The van der Waals surface area contributed by atoms with E-state index in [9.17, 15) is 4.79 Å². The third-order valence-corrected chi connectivity index (χ3v) is 2.49. The van der Waals surface area contributed by atoms with Crippen molar-refractivity contribution in [2.24, 2.45) is 0 Å².